The van der Waals surface area contributed by atoms with E-state index in [-0.39, 0.29) is 17.8 Å². The molecule has 0 aliphatic carbocycles. The predicted octanol–water partition coefficient (Wildman–Crippen LogP) is 3.99. The monoisotopic (exact) mass is 432 g/mol. The second kappa shape index (κ2) is 9.77. The molecule has 1 atom stereocenters. The smallest absolute Gasteiger partial charge is 0.253 e. The van der Waals surface area contributed by atoms with Gasteiger partial charge in [0.1, 0.15) is 18.2 Å². The van der Waals surface area contributed by atoms with Crippen molar-refractivity contribution in [3.8, 4) is 5.75 Å². The fourth-order valence-corrected chi connectivity index (χ4v) is 4.08. The van der Waals surface area contributed by atoms with Gasteiger partial charge in [0, 0.05) is 55.5 Å². The molecule has 1 amide bonds. The van der Waals surface area contributed by atoms with E-state index in [1.165, 1.54) is 6.07 Å². The van der Waals surface area contributed by atoms with E-state index in [1.54, 1.807) is 24.3 Å². The van der Waals surface area contributed by atoms with Gasteiger partial charge < -0.3 is 14.4 Å². The number of carbonyl (C=O) groups excluding carboxylic acids is 1. The van der Waals surface area contributed by atoms with Crippen LogP contribution in [0.3, 0.4) is 0 Å². The van der Waals surface area contributed by atoms with Gasteiger partial charge in [-0.05, 0) is 49.2 Å². The van der Waals surface area contributed by atoms with Gasteiger partial charge in [-0.15, -0.1) is 0 Å². The third-order valence-corrected chi connectivity index (χ3v) is 6.02. The van der Waals surface area contributed by atoms with Crippen molar-refractivity contribution < 1.29 is 18.7 Å². The zero-order valence-corrected chi connectivity index (χ0v) is 17.6. The number of ether oxygens (including phenoxy) is 2. The van der Waals surface area contributed by atoms with E-state index in [0.717, 1.165) is 25.2 Å². The molecule has 1 unspecified atom stereocenters. The topological polar surface area (TPSA) is 42.0 Å². The number of carbonyl (C=O) groups is 1. The summed E-state index contributed by atoms with van der Waals surface area (Å²) in [6, 6.07) is 12.0. The maximum absolute atomic E-state index is 14.0. The molecule has 160 valence electrons. The second-order valence-electron chi connectivity index (χ2n) is 7.74. The first-order chi connectivity index (χ1) is 14.6. The number of amides is 1. The van der Waals surface area contributed by atoms with Crippen LogP contribution in [0.25, 0.3) is 0 Å². The van der Waals surface area contributed by atoms with Gasteiger partial charge in [0.2, 0.25) is 0 Å². The van der Waals surface area contributed by atoms with Crippen LogP contribution in [0.4, 0.5) is 4.39 Å². The van der Waals surface area contributed by atoms with Crippen LogP contribution in [0.1, 0.15) is 28.8 Å². The molecular weight excluding hydrogens is 407 g/mol. The van der Waals surface area contributed by atoms with Crippen LogP contribution in [-0.4, -0.2) is 61.2 Å². The summed E-state index contributed by atoms with van der Waals surface area (Å²) in [6.07, 6.45) is 2.29. The molecule has 2 aliphatic heterocycles. The number of nitrogens with zero attached hydrogens (tertiary/aromatic N) is 2. The predicted molar refractivity (Wildman–Crippen MR) is 114 cm³/mol. The average molecular weight is 433 g/mol. The van der Waals surface area contributed by atoms with E-state index in [2.05, 4.69) is 4.90 Å². The normalized spacial score (nSPS) is 19.8. The number of halogens is 2. The van der Waals surface area contributed by atoms with Gasteiger partial charge in [-0.2, -0.15) is 0 Å². The average Bonchev–Trinajstić information content (AvgIpc) is 3.29. The van der Waals surface area contributed by atoms with Crippen LogP contribution in [0.5, 0.6) is 5.75 Å². The van der Waals surface area contributed by atoms with Crippen LogP contribution >= 0.6 is 11.6 Å². The van der Waals surface area contributed by atoms with E-state index in [1.807, 2.05) is 17.0 Å². The molecule has 0 spiro atoms. The number of benzene rings is 2. The maximum atomic E-state index is 14.0. The Labute approximate surface area is 181 Å². The summed E-state index contributed by atoms with van der Waals surface area (Å²) in [4.78, 5) is 16.8. The third-order valence-electron chi connectivity index (χ3n) is 5.66. The Balaban J connectivity index is 1.27. The van der Waals surface area contributed by atoms with Crippen LogP contribution < -0.4 is 4.74 Å². The molecule has 2 heterocycles. The molecule has 2 saturated heterocycles. The molecule has 0 radical (unpaired) electrons. The first-order valence-corrected chi connectivity index (χ1v) is 10.8. The van der Waals surface area contributed by atoms with Gasteiger partial charge in [-0.1, -0.05) is 17.7 Å². The lowest BCUT2D eigenvalue weighted by molar-refractivity contribution is 0.0625. The van der Waals surface area contributed by atoms with Crippen LogP contribution in [0, 0.1) is 5.82 Å². The van der Waals surface area contributed by atoms with Crippen molar-refractivity contribution in [1.82, 2.24) is 9.80 Å². The lowest BCUT2D eigenvalue weighted by Gasteiger charge is -2.35. The first-order valence-electron chi connectivity index (χ1n) is 10.4. The highest BCUT2D eigenvalue weighted by Gasteiger charge is 2.23. The number of hydrogen-bond donors (Lipinski definition) is 0. The lowest BCUT2D eigenvalue weighted by atomic mass is 10.1. The minimum absolute atomic E-state index is 0.00394. The van der Waals surface area contributed by atoms with E-state index < -0.39 is 0 Å². The summed E-state index contributed by atoms with van der Waals surface area (Å²) in [5.41, 5.74) is 1.16. The number of piperazine rings is 1. The Kier molecular flexibility index (Phi) is 6.87. The molecule has 2 aromatic rings. The Bertz CT molecular complexity index is 843. The fraction of sp³-hybridized carbons (Fsp3) is 0.435. The lowest BCUT2D eigenvalue weighted by Crippen LogP contribution is -2.48. The molecule has 2 aromatic carbocycles. The second-order valence-corrected chi connectivity index (χ2v) is 8.15. The molecule has 4 rings (SSSR count). The zero-order valence-electron chi connectivity index (χ0n) is 16.9. The van der Waals surface area contributed by atoms with Crippen LogP contribution in [-0.2, 0) is 11.3 Å². The Morgan fingerprint density at radius 1 is 1.13 bits per heavy atom. The standard InChI is InChI=1S/C23H26ClFN2O3/c24-21-4-1-5-22(25)20(21)15-26-10-12-27(13-11-26)23(28)17-6-8-18(9-7-17)30-16-19-3-2-14-29-19/h1,4-9,19H,2-3,10-16H2. The van der Waals surface area contributed by atoms with Crippen molar-refractivity contribution in [2.75, 3.05) is 39.4 Å². The van der Waals surface area contributed by atoms with Gasteiger partial charge in [-0.25, -0.2) is 4.39 Å². The summed E-state index contributed by atoms with van der Waals surface area (Å²) in [5, 5.41) is 0.440. The molecule has 0 N–H and O–H groups in total. The molecule has 0 saturated carbocycles. The van der Waals surface area contributed by atoms with E-state index in [0.29, 0.717) is 55.5 Å². The molecular formula is C23H26ClFN2O3. The molecule has 7 heteroatoms. The van der Waals surface area contributed by atoms with Crippen molar-refractivity contribution in [3.05, 3.63) is 64.4 Å². The van der Waals surface area contributed by atoms with E-state index in [4.69, 9.17) is 21.1 Å². The summed E-state index contributed by atoms with van der Waals surface area (Å²) in [6.45, 7) is 4.36. The van der Waals surface area contributed by atoms with E-state index in [9.17, 15) is 9.18 Å². The third kappa shape index (κ3) is 5.12. The van der Waals surface area contributed by atoms with Gasteiger partial charge in [0.15, 0.2) is 0 Å². The highest BCUT2D eigenvalue weighted by Crippen LogP contribution is 2.22. The fourth-order valence-electron chi connectivity index (χ4n) is 3.86. The minimum Gasteiger partial charge on any atom is -0.491 e. The maximum Gasteiger partial charge on any atom is 0.253 e. The van der Waals surface area contributed by atoms with Crippen molar-refractivity contribution in [2.24, 2.45) is 0 Å². The number of hydrogen-bond acceptors (Lipinski definition) is 4. The largest absolute Gasteiger partial charge is 0.491 e. The van der Waals surface area contributed by atoms with Gasteiger partial charge in [-0.3, -0.25) is 9.69 Å². The molecule has 2 fully saturated rings. The molecule has 0 aromatic heterocycles. The Morgan fingerprint density at radius 3 is 2.57 bits per heavy atom. The first kappa shape index (κ1) is 21.1. The van der Waals surface area contributed by atoms with Crippen molar-refractivity contribution >= 4 is 17.5 Å². The van der Waals surface area contributed by atoms with Gasteiger partial charge in [0.05, 0.1) is 6.10 Å². The van der Waals surface area contributed by atoms with E-state index >= 15 is 0 Å². The van der Waals surface area contributed by atoms with Crippen LogP contribution in [0.2, 0.25) is 5.02 Å². The summed E-state index contributed by atoms with van der Waals surface area (Å²) in [5.74, 6) is 0.459. The highest BCUT2D eigenvalue weighted by molar-refractivity contribution is 6.31. The minimum atomic E-state index is -0.289. The van der Waals surface area contributed by atoms with Crippen LogP contribution in [0.15, 0.2) is 42.5 Å². The summed E-state index contributed by atoms with van der Waals surface area (Å²) >= 11 is 6.13. The van der Waals surface area contributed by atoms with Gasteiger partial charge >= 0.3 is 0 Å². The highest BCUT2D eigenvalue weighted by atomic mass is 35.5. The zero-order chi connectivity index (χ0) is 20.9. The SMILES string of the molecule is O=C(c1ccc(OCC2CCCO2)cc1)N1CCN(Cc2c(F)cccc2Cl)CC1. The molecule has 5 nitrogen and oxygen atoms in total. The molecule has 30 heavy (non-hydrogen) atoms. The Hall–Kier alpha value is -2.15. The Morgan fingerprint density at radius 2 is 1.90 bits per heavy atom. The summed E-state index contributed by atoms with van der Waals surface area (Å²) < 4.78 is 25.3. The quantitative estimate of drug-likeness (QED) is 0.692. The van der Waals surface area contributed by atoms with Crippen molar-refractivity contribution in [1.29, 1.82) is 0 Å². The van der Waals surface area contributed by atoms with Crippen molar-refractivity contribution in [2.45, 2.75) is 25.5 Å². The molecule has 2 aliphatic rings. The van der Waals surface area contributed by atoms with Gasteiger partial charge in [0.25, 0.3) is 5.91 Å². The van der Waals surface area contributed by atoms with Crippen molar-refractivity contribution in [3.63, 3.8) is 0 Å². The summed E-state index contributed by atoms with van der Waals surface area (Å²) in [7, 11) is 0. The number of rotatable bonds is 6. The molecule has 0 bridgehead atoms.